The van der Waals surface area contributed by atoms with Crippen LogP contribution in [0.5, 0.6) is 0 Å². The molecule has 0 atom stereocenters. The van der Waals surface area contributed by atoms with Crippen molar-refractivity contribution in [1.29, 1.82) is 0 Å². The van der Waals surface area contributed by atoms with Gasteiger partial charge in [0.2, 0.25) is 5.91 Å². The van der Waals surface area contributed by atoms with Crippen molar-refractivity contribution in [2.24, 2.45) is 0 Å². The van der Waals surface area contributed by atoms with Crippen molar-refractivity contribution in [3.63, 3.8) is 0 Å². The van der Waals surface area contributed by atoms with Crippen molar-refractivity contribution in [2.75, 3.05) is 27.2 Å². The van der Waals surface area contributed by atoms with Crippen LogP contribution in [0.1, 0.15) is 36.6 Å². The summed E-state index contributed by atoms with van der Waals surface area (Å²) in [6, 6.07) is 6.21. The molecule has 6 heteroatoms. The molecule has 4 nitrogen and oxygen atoms in total. The van der Waals surface area contributed by atoms with Gasteiger partial charge >= 0.3 is 0 Å². The molecule has 1 aromatic heterocycles. The van der Waals surface area contributed by atoms with Gasteiger partial charge in [0.1, 0.15) is 0 Å². The fourth-order valence-corrected chi connectivity index (χ4v) is 2.44. The van der Waals surface area contributed by atoms with E-state index >= 15 is 0 Å². The number of piperidine rings is 1. The third kappa shape index (κ3) is 6.20. The lowest BCUT2D eigenvalue weighted by Gasteiger charge is -2.22. The number of aryl methyl sites for hydroxylation is 1. The van der Waals surface area contributed by atoms with Crippen LogP contribution in [0.3, 0.4) is 0 Å². The summed E-state index contributed by atoms with van der Waals surface area (Å²) in [7, 11) is 3.59. The Morgan fingerprint density at radius 3 is 2.57 bits per heavy atom. The SMILES string of the molecule is CN(C)C(=O)CCc1cccc(C2CCNCC2)n1.Cl.Cl. The molecule has 0 radical (unpaired) electrons. The van der Waals surface area contributed by atoms with Gasteiger partial charge < -0.3 is 10.2 Å². The number of pyridine rings is 1. The predicted octanol–water partition coefficient (Wildman–Crippen LogP) is 2.41. The zero-order valence-corrected chi connectivity index (χ0v) is 14.3. The Balaban J connectivity index is 0.00000200. The van der Waals surface area contributed by atoms with Crippen molar-refractivity contribution in [2.45, 2.75) is 31.6 Å². The van der Waals surface area contributed by atoms with E-state index < -0.39 is 0 Å². The van der Waals surface area contributed by atoms with Crippen molar-refractivity contribution in [1.82, 2.24) is 15.2 Å². The Morgan fingerprint density at radius 1 is 1.29 bits per heavy atom. The van der Waals surface area contributed by atoms with Crippen LogP contribution in [-0.4, -0.2) is 43.0 Å². The Labute approximate surface area is 139 Å². The number of aromatic nitrogens is 1. The van der Waals surface area contributed by atoms with Gasteiger partial charge in [-0.1, -0.05) is 6.07 Å². The quantitative estimate of drug-likeness (QED) is 0.920. The zero-order chi connectivity index (χ0) is 13.7. The summed E-state index contributed by atoms with van der Waals surface area (Å²) in [5, 5.41) is 3.37. The standard InChI is InChI=1S/C15H23N3O.2ClH/c1-18(2)15(19)7-6-13-4-3-5-14(17-13)12-8-10-16-11-9-12;;/h3-5,12,16H,6-11H2,1-2H3;2*1H. The maximum atomic E-state index is 11.6. The van der Waals surface area contributed by atoms with Crippen molar-refractivity contribution in [3.05, 3.63) is 29.6 Å². The van der Waals surface area contributed by atoms with Gasteiger partial charge in [-0.15, -0.1) is 24.8 Å². The van der Waals surface area contributed by atoms with Gasteiger partial charge in [-0.3, -0.25) is 9.78 Å². The summed E-state index contributed by atoms with van der Waals surface area (Å²) < 4.78 is 0. The van der Waals surface area contributed by atoms with E-state index in [0.717, 1.165) is 38.0 Å². The van der Waals surface area contributed by atoms with E-state index in [1.165, 1.54) is 5.69 Å². The predicted molar refractivity (Wildman–Crippen MR) is 90.6 cm³/mol. The number of amides is 1. The highest BCUT2D eigenvalue weighted by molar-refractivity contribution is 5.85. The molecule has 0 spiro atoms. The topological polar surface area (TPSA) is 45.2 Å². The largest absolute Gasteiger partial charge is 0.349 e. The first-order valence-corrected chi connectivity index (χ1v) is 7.03. The van der Waals surface area contributed by atoms with Gasteiger partial charge in [-0.05, 0) is 44.5 Å². The summed E-state index contributed by atoms with van der Waals surface area (Å²) in [5.74, 6) is 0.736. The van der Waals surface area contributed by atoms with Gasteiger partial charge in [-0.2, -0.15) is 0 Å². The van der Waals surface area contributed by atoms with Gasteiger partial charge in [0.25, 0.3) is 0 Å². The molecule has 1 aromatic rings. The number of rotatable bonds is 4. The van der Waals surface area contributed by atoms with E-state index in [1.54, 1.807) is 19.0 Å². The minimum Gasteiger partial charge on any atom is -0.349 e. The van der Waals surface area contributed by atoms with Crippen LogP contribution in [0, 0.1) is 0 Å². The molecular weight excluding hydrogens is 309 g/mol. The van der Waals surface area contributed by atoms with E-state index in [2.05, 4.69) is 17.4 Å². The Morgan fingerprint density at radius 2 is 1.95 bits per heavy atom. The van der Waals surface area contributed by atoms with Crippen LogP contribution in [0.25, 0.3) is 0 Å². The van der Waals surface area contributed by atoms with E-state index in [4.69, 9.17) is 4.98 Å². The first kappa shape index (κ1) is 20.2. The third-order valence-electron chi connectivity index (χ3n) is 3.68. The molecule has 0 bridgehead atoms. The summed E-state index contributed by atoms with van der Waals surface area (Å²) in [4.78, 5) is 18.0. The maximum Gasteiger partial charge on any atom is 0.222 e. The minimum atomic E-state index is 0. The monoisotopic (exact) mass is 333 g/mol. The van der Waals surface area contributed by atoms with Gasteiger partial charge in [0.15, 0.2) is 0 Å². The molecule has 1 fully saturated rings. The first-order chi connectivity index (χ1) is 9.16. The van der Waals surface area contributed by atoms with Crippen molar-refractivity contribution >= 4 is 30.7 Å². The van der Waals surface area contributed by atoms with E-state index in [-0.39, 0.29) is 30.7 Å². The average molecular weight is 334 g/mol. The van der Waals surface area contributed by atoms with Crippen LogP contribution >= 0.6 is 24.8 Å². The normalized spacial score (nSPS) is 14.8. The van der Waals surface area contributed by atoms with Crippen LogP contribution in [0.15, 0.2) is 18.2 Å². The molecular formula is C15H25Cl2N3O. The maximum absolute atomic E-state index is 11.6. The number of nitrogens with zero attached hydrogens (tertiary/aromatic N) is 2. The first-order valence-electron chi connectivity index (χ1n) is 7.03. The molecule has 1 aliphatic rings. The molecule has 2 heterocycles. The molecule has 0 aromatic carbocycles. The molecule has 1 saturated heterocycles. The van der Waals surface area contributed by atoms with Gasteiger partial charge in [0, 0.05) is 37.8 Å². The molecule has 21 heavy (non-hydrogen) atoms. The lowest BCUT2D eigenvalue weighted by Crippen LogP contribution is -2.27. The van der Waals surface area contributed by atoms with E-state index in [1.807, 2.05) is 6.07 Å². The minimum absolute atomic E-state index is 0. The average Bonchev–Trinajstić information content (AvgIpc) is 2.46. The lowest BCUT2D eigenvalue weighted by atomic mass is 9.94. The second-order valence-electron chi connectivity index (χ2n) is 5.37. The highest BCUT2D eigenvalue weighted by Crippen LogP contribution is 2.23. The fourth-order valence-electron chi connectivity index (χ4n) is 2.44. The van der Waals surface area contributed by atoms with Gasteiger partial charge in [-0.25, -0.2) is 0 Å². The van der Waals surface area contributed by atoms with E-state index in [9.17, 15) is 4.79 Å². The number of nitrogens with one attached hydrogen (secondary N) is 1. The van der Waals surface area contributed by atoms with Crippen LogP contribution in [0.4, 0.5) is 0 Å². The van der Waals surface area contributed by atoms with Crippen molar-refractivity contribution < 1.29 is 4.79 Å². The highest BCUT2D eigenvalue weighted by Gasteiger charge is 2.16. The Bertz CT molecular complexity index is 435. The van der Waals surface area contributed by atoms with Crippen LogP contribution < -0.4 is 5.32 Å². The smallest absolute Gasteiger partial charge is 0.222 e. The third-order valence-corrected chi connectivity index (χ3v) is 3.68. The van der Waals surface area contributed by atoms with Crippen LogP contribution in [-0.2, 0) is 11.2 Å². The number of halogens is 2. The summed E-state index contributed by atoms with van der Waals surface area (Å²) in [5.41, 5.74) is 2.22. The molecule has 0 aliphatic carbocycles. The second kappa shape index (κ2) is 9.98. The molecule has 0 unspecified atom stereocenters. The van der Waals surface area contributed by atoms with E-state index in [0.29, 0.717) is 12.3 Å². The second-order valence-corrected chi connectivity index (χ2v) is 5.37. The summed E-state index contributed by atoms with van der Waals surface area (Å²) in [6.07, 6.45) is 3.59. The number of carbonyl (C=O) groups excluding carboxylic acids is 1. The lowest BCUT2D eigenvalue weighted by molar-refractivity contribution is -0.128. The summed E-state index contributed by atoms with van der Waals surface area (Å²) in [6.45, 7) is 2.16. The molecule has 1 amide bonds. The molecule has 1 N–H and O–H groups in total. The fraction of sp³-hybridized carbons (Fsp3) is 0.600. The Kier molecular flexibility index (Phi) is 9.58. The zero-order valence-electron chi connectivity index (χ0n) is 12.7. The molecule has 2 rings (SSSR count). The van der Waals surface area contributed by atoms with Gasteiger partial charge in [0.05, 0.1) is 0 Å². The summed E-state index contributed by atoms with van der Waals surface area (Å²) >= 11 is 0. The molecule has 1 aliphatic heterocycles. The highest BCUT2D eigenvalue weighted by atomic mass is 35.5. The van der Waals surface area contributed by atoms with Crippen molar-refractivity contribution in [3.8, 4) is 0 Å². The molecule has 0 saturated carbocycles. The number of hydrogen-bond donors (Lipinski definition) is 1. The van der Waals surface area contributed by atoms with Crippen LogP contribution in [0.2, 0.25) is 0 Å². The molecule has 120 valence electrons. The Hall–Kier alpha value is -0.840. The number of hydrogen-bond acceptors (Lipinski definition) is 3. The number of carbonyl (C=O) groups is 1.